The number of carbonyl (C=O) groups excluding carboxylic acids is 1. The fourth-order valence-electron chi connectivity index (χ4n) is 0.0833. The topological polar surface area (TPSA) is 52.3 Å². The first-order chi connectivity index (χ1) is 2.81. The summed E-state index contributed by atoms with van der Waals surface area (Å²) in [5.41, 5.74) is 4.81. The molecule has 0 spiro atoms. The van der Waals surface area contributed by atoms with Crippen LogP contribution >= 0.6 is 0 Å². The minimum absolute atomic E-state index is 0. The van der Waals surface area contributed by atoms with E-state index in [0.717, 1.165) is 0 Å². The number of esters is 1. The molecule has 0 amide bonds. The van der Waals surface area contributed by atoms with Crippen LogP contribution in [0.3, 0.4) is 0 Å². The van der Waals surface area contributed by atoms with E-state index in [4.69, 9.17) is 5.73 Å². The van der Waals surface area contributed by atoms with Gasteiger partial charge in [0, 0.05) is 0 Å². The van der Waals surface area contributed by atoms with Crippen molar-refractivity contribution in [2.45, 2.75) is 0 Å². The molecule has 7 heavy (non-hydrogen) atoms. The van der Waals surface area contributed by atoms with E-state index >= 15 is 0 Å². The van der Waals surface area contributed by atoms with Gasteiger partial charge in [-0.1, -0.05) is 0 Å². The first-order valence-corrected chi connectivity index (χ1v) is 1.58. The predicted octanol–water partition coefficient (Wildman–Crippen LogP) is -3.88. The Morgan fingerprint density at radius 1 is 1.86 bits per heavy atom. The molecule has 3 nitrogen and oxygen atoms in total. The van der Waals surface area contributed by atoms with Gasteiger partial charge in [-0.05, 0) is 0 Å². The van der Waals surface area contributed by atoms with Crippen LogP contribution in [0.4, 0.5) is 0 Å². The van der Waals surface area contributed by atoms with Gasteiger partial charge in [-0.15, -0.1) is 0 Å². The van der Waals surface area contributed by atoms with Crippen LogP contribution in [0.5, 0.6) is 0 Å². The summed E-state index contributed by atoms with van der Waals surface area (Å²) in [6.45, 7) is -0.0312. The third kappa shape index (κ3) is 5.72. The molecule has 0 rings (SSSR count). The second-order valence-electron chi connectivity index (χ2n) is 0.780. The summed E-state index contributed by atoms with van der Waals surface area (Å²) in [5.74, 6) is -0.380. The number of ether oxygens (including phenoxy) is 1. The minimum atomic E-state index is -0.380. The number of halogens is 1. The molecule has 0 aliphatic heterocycles. The van der Waals surface area contributed by atoms with E-state index in [1.807, 2.05) is 0 Å². The number of rotatable bonds is 1. The van der Waals surface area contributed by atoms with Crippen LogP contribution in [0.2, 0.25) is 0 Å². The zero-order valence-electron chi connectivity index (χ0n) is 3.98. The molecule has 0 saturated carbocycles. The maximum absolute atomic E-state index is 9.83. The molecule has 0 aromatic heterocycles. The van der Waals surface area contributed by atoms with Crippen LogP contribution in [0.1, 0.15) is 0 Å². The molecule has 0 radical (unpaired) electrons. The van der Waals surface area contributed by atoms with Crippen molar-refractivity contribution in [3.05, 3.63) is 0 Å². The van der Waals surface area contributed by atoms with Crippen LogP contribution in [-0.4, -0.2) is 19.6 Å². The van der Waals surface area contributed by atoms with Gasteiger partial charge in [0.25, 0.3) is 0 Å². The van der Waals surface area contributed by atoms with Crippen molar-refractivity contribution in [2.75, 3.05) is 13.7 Å². The molecule has 0 atom stereocenters. The summed E-state index contributed by atoms with van der Waals surface area (Å²) in [6, 6.07) is 0. The molecule has 0 bridgehead atoms. The average molecular weight is 125 g/mol. The van der Waals surface area contributed by atoms with Crippen LogP contribution in [-0.2, 0) is 9.53 Å². The van der Waals surface area contributed by atoms with E-state index in [1.54, 1.807) is 0 Å². The summed E-state index contributed by atoms with van der Waals surface area (Å²) in [4.78, 5) is 9.83. The summed E-state index contributed by atoms with van der Waals surface area (Å²) >= 11 is 0. The Balaban J connectivity index is 0. The van der Waals surface area contributed by atoms with E-state index < -0.39 is 0 Å². The van der Waals surface area contributed by atoms with E-state index in [0.29, 0.717) is 0 Å². The fourth-order valence-corrected chi connectivity index (χ4v) is 0.0833. The summed E-state index contributed by atoms with van der Waals surface area (Å²) in [5, 5.41) is 0. The molecule has 0 aromatic rings. The Morgan fingerprint density at radius 3 is 2.29 bits per heavy atom. The molecular formula is C3H7ClNO2-. The van der Waals surface area contributed by atoms with E-state index in [-0.39, 0.29) is 24.9 Å². The lowest BCUT2D eigenvalue weighted by Gasteiger charge is -1.87. The standard InChI is InChI=1S/C3H7NO2.ClH/c1-6-3(5)2-4;/h2,4H2,1H3;1H/p-1. The van der Waals surface area contributed by atoms with Gasteiger partial charge < -0.3 is 22.9 Å². The van der Waals surface area contributed by atoms with Crippen LogP contribution < -0.4 is 18.1 Å². The van der Waals surface area contributed by atoms with Gasteiger partial charge in [0.1, 0.15) is 0 Å². The van der Waals surface area contributed by atoms with Crippen molar-refractivity contribution in [3.8, 4) is 0 Å². The smallest absolute Gasteiger partial charge is 0.319 e. The number of nitrogens with two attached hydrogens (primary N) is 1. The molecule has 0 aromatic carbocycles. The van der Waals surface area contributed by atoms with Crippen molar-refractivity contribution < 1.29 is 21.9 Å². The van der Waals surface area contributed by atoms with E-state index in [9.17, 15) is 4.79 Å². The zero-order valence-corrected chi connectivity index (χ0v) is 4.73. The maximum atomic E-state index is 9.83. The highest BCUT2D eigenvalue weighted by Crippen LogP contribution is 1.61. The Kier molecular flexibility index (Phi) is 8.06. The highest BCUT2D eigenvalue weighted by atomic mass is 35.5. The van der Waals surface area contributed by atoms with E-state index in [2.05, 4.69) is 4.74 Å². The largest absolute Gasteiger partial charge is 1.00 e. The quantitative estimate of drug-likeness (QED) is 0.364. The highest BCUT2D eigenvalue weighted by molar-refractivity contribution is 5.70. The fraction of sp³-hybridized carbons (Fsp3) is 0.667. The molecule has 0 fully saturated rings. The van der Waals surface area contributed by atoms with Gasteiger partial charge in [-0.2, -0.15) is 0 Å². The van der Waals surface area contributed by atoms with Gasteiger partial charge in [0.2, 0.25) is 0 Å². The normalized spacial score (nSPS) is 6.57. The summed E-state index contributed by atoms with van der Waals surface area (Å²) in [6.07, 6.45) is 0. The number of hydrogen-bond donors (Lipinski definition) is 1. The van der Waals surface area contributed by atoms with Crippen molar-refractivity contribution in [3.63, 3.8) is 0 Å². The highest BCUT2D eigenvalue weighted by Gasteiger charge is 1.87. The van der Waals surface area contributed by atoms with Crippen LogP contribution in [0.25, 0.3) is 0 Å². The lowest BCUT2D eigenvalue weighted by molar-refractivity contribution is -0.138. The van der Waals surface area contributed by atoms with Gasteiger partial charge in [0.15, 0.2) is 0 Å². The van der Waals surface area contributed by atoms with Crippen molar-refractivity contribution >= 4 is 5.97 Å². The molecule has 0 aliphatic rings. The van der Waals surface area contributed by atoms with Crippen molar-refractivity contribution in [1.29, 1.82) is 0 Å². The molecular weight excluding hydrogens is 117 g/mol. The molecule has 0 unspecified atom stereocenters. The third-order valence-corrected chi connectivity index (χ3v) is 0.394. The van der Waals surface area contributed by atoms with Gasteiger partial charge in [-0.25, -0.2) is 0 Å². The van der Waals surface area contributed by atoms with Crippen LogP contribution in [0.15, 0.2) is 0 Å². The SMILES string of the molecule is COC(=O)CN.[Cl-]. The van der Waals surface area contributed by atoms with Gasteiger partial charge >= 0.3 is 5.97 Å². The average Bonchev–Trinajstić information content (AvgIpc) is 1.65. The molecule has 0 saturated heterocycles. The maximum Gasteiger partial charge on any atom is 0.319 e. The predicted molar refractivity (Wildman–Crippen MR) is 21.1 cm³/mol. The van der Waals surface area contributed by atoms with Crippen molar-refractivity contribution in [1.82, 2.24) is 0 Å². The van der Waals surface area contributed by atoms with Crippen LogP contribution in [0, 0.1) is 0 Å². The Morgan fingerprint density at radius 2 is 2.29 bits per heavy atom. The zero-order chi connectivity index (χ0) is 4.99. The number of hydrogen-bond acceptors (Lipinski definition) is 3. The Hall–Kier alpha value is -0.280. The molecule has 44 valence electrons. The third-order valence-electron chi connectivity index (χ3n) is 0.394. The lowest BCUT2D eigenvalue weighted by atomic mass is 10.7. The molecule has 0 aliphatic carbocycles. The molecule has 4 heteroatoms. The van der Waals surface area contributed by atoms with Gasteiger partial charge in [-0.3, -0.25) is 4.79 Å². The second-order valence-corrected chi connectivity index (χ2v) is 0.780. The number of methoxy groups -OCH3 is 1. The second kappa shape index (κ2) is 5.72. The minimum Gasteiger partial charge on any atom is -1.00 e. The summed E-state index contributed by atoms with van der Waals surface area (Å²) < 4.78 is 4.14. The lowest BCUT2D eigenvalue weighted by Crippen LogP contribution is -3.00. The summed E-state index contributed by atoms with van der Waals surface area (Å²) in [7, 11) is 1.30. The first-order valence-electron chi connectivity index (χ1n) is 1.58. The van der Waals surface area contributed by atoms with Gasteiger partial charge in [0.05, 0.1) is 13.7 Å². The monoisotopic (exact) mass is 124 g/mol. The Bertz CT molecular complexity index is 50.9. The van der Waals surface area contributed by atoms with E-state index in [1.165, 1.54) is 7.11 Å². The molecule has 2 N–H and O–H groups in total. The first kappa shape index (κ1) is 9.87. The molecule has 0 heterocycles. The number of carbonyl (C=O) groups is 1. The van der Waals surface area contributed by atoms with Crippen molar-refractivity contribution in [2.24, 2.45) is 5.73 Å². The Labute approximate surface area is 48.2 Å².